The van der Waals surface area contributed by atoms with Gasteiger partial charge >= 0.3 is 0 Å². The summed E-state index contributed by atoms with van der Waals surface area (Å²) in [6.07, 6.45) is 3.96. The second-order valence-corrected chi connectivity index (χ2v) is 8.71. The van der Waals surface area contributed by atoms with Gasteiger partial charge in [-0.25, -0.2) is 0 Å². The lowest BCUT2D eigenvalue weighted by Gasteiger charge is -2.39. The van der Waals surface area contributed by atoms with Crippen molar-refractivity contribution >= 4 is 5.91 Å². The molecule has 2 aliphatic heterocycles. The highest BCUT2D eigenvalue weighted by molar-refractivity contribution is 5.92. The zero-order valence-corrected chi connectivity index (χ0v) is 18.6. The summed E-state index contributed by atoms with van der Waals surface area (Å²) >= 11 is 0. The van der Waals surface area contributed by atoms with E-state index >= 15 is 0 Å². The number of likely N-dealkylation sites (tertiary alicyclic amines) is 1. The van der Waals surface area contributed by atoms with Crippen LogP contribution in [0.3, 0.4) is 0 Å². The SMILES string of the molecule is COc1cccc(CN2CCC3(CC[C@H](CNC(=O)c4cc(C)nn4C)O3)CC2)c1O. The molecule has 2 N–H and O–H groups in total. The van der Waals surface area contributed by atoms with Crippen LogP contribution in [0.5, 0.6) is 11.5 Å². The van der Waals surface area contributed by atoms with Gasteiger partial charge in [-0.1, -0.05) is 12.1 Å². The molecule has 1 amide bonds. The van der Waals surface area contributed by atoms with Gasteiger partial charge in [0.05, 0.1) is 24.5 Å². The molecule has 0 saturated carbocycles. The molecule has 2 aliphatic rings. The Bertz CT molecular complexity index is 934. The predicted molar refractivity (Wildman–Crippen MR) is 116 cm³/mol. The second kappa shape index (κ2) is 8.88. The third-order valence-electron chi connectivity index (χ3n) is 6.53. The number of aryl methyl sites for hydroxylation is 2. The van der Waals surface area contributed by atoms with E-state index < -0.39 is 0 Å². The number of aromatic hydroxyl groups is 1. The van der Waals surface area contributed by atoms with Crippen molar-refractivity contribution in [3.8, 4) is 11.5 Å². The van der Waals surface area contributed by atoms with Crippen molar-refractivity contribution in [1.82, 2.24) is 20.0 Å². The highest BCUT2D eigenvalue weighted by Crippen LogP contribution is 2.39. The molecule has 31 heavy (non-hydrogen) atoms. The summed E-state index contributed by atoms with van der Waals surface area (Å²) in [6.45, 7) is 4.94. The van der Waals surface area contributed by atoms with Gasteiger partial charge in [-0.2, -0.15) is 5.10 Å². The summed E-state index contributed by atoms with van der Waals surface area (Å²) in [6, 6.07) is 7.41. The van der Waals surface area contributed by atoms with Gasteiger partial charge in [0, 0.05) is 38.8 Å². The van der Waals surface area contributed by atoms with Crippen LogP contribution in [-0.2, 0) is 18.3 Å². The first-order valence-corrected chi connectivity index (χ1v) is 10.9. The number of nitrogens with zero attached hydrogens (tertiary/aromatic N) is 3. The highest BCUT2D eigenvalue weighted by atomic mass is 16.5. The maximum atomic E-state index is 12.4. The van der Waals surface area contributed by atoms with Crippen LogP contribution in [0.15, 0.2) is 24.3 Å². The molecule has 2 fully saturated rings. The van der Waals surface area contributed by atoms with Crippen LogP contribution in [0, 0.1) is 6.92 Å². The third-order valence-corrected chi connectivity index (χ3v) is 6.53. The van der Waals surface area contributed by atoms with Crippen molar-refractivity contribution in [2.45, 2.75) is 50.9 Å². The number of ether oxygens (including phenoxy) is 2. The van der Waals surface area contributed by atoms with Crippen molar-refractivity contribution in [3.05, 3.63) is 41.2 Å². The maximum absolute atomic E-state index is 12.4. The number of phenols is 1. The van der Waals surface area contributed by atoms with E-state index in [1.807, 2.05) is 19.1 Å². The number of carbonyl (C=O) groups excluding carboxylic acids is 1. The monoisotopic (exact) mass is 428 g/mol. The fourth-order valence-electron chi connectivity index (χ4n) is 4.75. The zero-order chi connectivity index (χ0) is 22.0. The van der Waals surface area contributed by atoms with Gasteiger partial charge in [-0.05, 0) is 44.7 Å². The summed E-state index contributed by atoms with van der Waals surface area (Å²) in [7, 11) is 3.35. The molecule has 3 heterocycles. The number of hydrogen-bond donors (Lipinski definition) is 2. The Balaban J connectivity index is 1.26. The second-order valence-electron chi connectivity index (χ2n) is 8.71. The van der Waals surface area contributed by atoms with Gasteiger partial charge in [0.25, 0.3) is 5.91 Å². The Hall–Kier alpha value is -2.58. The van der Waals surface area contributed by atoms with Gasteiger partial charge in [-0.3, -0.25) is 14.4 Å². The summed E-state index contributed by atoms with van der Waals surface area (Å²) in [5.74, 6) is 0.624. The van der Waals surface area contributed by atoms with Crippen LogP contribution >= 0.6 is 0 Å². The number of hydrogen-bond acceptors (Lipinski definition) is 6. The fourth-order valence-corrected chi connectivity index (χ4v) is 4.75. The maximum Gasteiger partial charge on any atom is 0.269 e. The minimum absolute atomic E-state index is 0.0484. The van der Waals surface area contributed by atoms with Crippen LogP contribution < -0.4 is 10.1 Å². The van der Waals surface area contributed by atoms with Crippen LogP contribution in [0.1, 0.15) is 47.4 Å². The van der Waals surface area contributed by atoms with Crippen LogP contribution in [0.25, 0.3) is 0 Å². The lowest BCUT2D eigenvalue weighted by Crippen LogP contribution is -2.45. The average Bonchev–Trinajstić information content (AvgIpc) is 3.32. The molecule has 1 atom stereocenters. The molecular weight excluding hydrogens is 396 g/mol. The molecule has 0 radical (unpaired) electrons. The number of carbonyl (C=O) groups is 1. The van der Waals surface area contributed by atoms with Gasteiger partial charge < -0.3 is 19.9 Å². The lowest BCUT2D eigenvalue weighted by molar-refractivity contribution is -0.0765. The number of piperidine rings is 1. The van der Waals surface area contributed by atoms with Crippen molar-refractivity contribution in [1.29, 1.82) is 0 Å². The number of methoxy groups -OCH3 is 1. The number of rotatable bonds is 6. The minimum Gasteiger partial charge on any atom is -0.504 e. The molecule has 168 valence electrons. The molecule has 1 aromatic heterocycles. The third kappa shape index (κ3) is 4.70. The zero-order valence-electron chi connectivity index (χ0n) is 18.6. The van der Waals surface area contributed by atoms with E-state index in [0.29, 0.717) is 24.5 Å². The normalized spacial score (nSPS) is 20.8. The molecule has 0 aliphatic carbocycles. The van der Waals surface area contributed by atoms with Crippen LogP contribution in [0.4, 0.5) is 0 Å². The van der Waals surface area contributed by atoms with Crippen LogP contribution in [0.2, 0.25) is 0 Å². The molecule has 8 nitrogen and oxygen atoms in total. The molecule has 2 saturated heterocycles. The van der Waals surface area contributed by atoms with E-state index in [4.69, 9.17) is 9.47 Å². The van der Waals surface area contributed by atoms with E-state index in [1.165, 1.54) is 0 Å². The molecule has 4 rings (SSSR count). The lowest BCUT2D eigenvalue weighted by atomic mass is 9.88. The van der Waals surface area contributed by atoms with E-state index in [9.17, 15) is 9.90 Å². The molecular formula is C23H32N4O4. The standard InChI is InChI=1S/C23H32N4O4/c1-16-13-19(26(2)25-16)22(29)24-14-18-7-8-23(31-18)9-11-27(12-10-23)15-17-5-4-6-20(30-3)21(17)28/h4-6,13,18,28H,7-12,14-15H2,1-3H3,(H,24,29)/t18-/m1/s1. The topological polar surface area (TPSA) is 88.9 Å². The smallest absolute Gasteiger partial charge is 0.269 e. The van der Waals surface area contributed by atoms with Crippen molar-refractivity contribution in [3.63, 3.8) is 0 Å². The molecule has 0 bridgehead atoms. The van der Waals surface area contributed by atoms with Crippen LogP contribution in [-0.4, -0.2) is 64.1 Å². The van der Waals surface area contributed by atoms with Gasteiger partial charge in [0.15, 0.2) is 11.5 Å². The van der Waals surface area contributed by atoms with E-state index in [2.05, 4.69) is 15.3 Å². The quantitative estimate of drug-likeness (QED) is 0.735. The minimum atomic E-state index is -0.111. The summed E-state index contributed by atoms with van der Waals surface area (Å²) in [4.78, 5) is 14.8. The van der Waals surface area contributed by atoms with Crippen molar-refractivity contribution < 1.29 is 19.4 Å². The number of amides is 1. The number of nitrogens with one attached hydrogen (secondary N) is 1. The first kappa shape index (κ1) is 21.6. The molecule has 8 heteroatoms. The largest absolute Gasteiger partial charge is 0.504 e. The fraction of sp³-hybridized carbons (Fsp3) is 0.565. The van der Waals surface area contributed by atoms with E-state index in [0.717, 1.165) is 50.0 Å². The summed E-state index contributed by atoms with van der Waals surface area (Å²) in [5, 5.41) is 17.6. The van der Waals surface area contributed by atoms with Gasteiger partial charge in [0.1, 0.15) is 5.69 Å². The number of para-hydroxylation sites is 1. The van der Waals surface area contributed by atoms with Gasteiger partial charge in [0.2, 0.25) is 0 Å². The molecule has 2 aromatic rings. The first-order valence-electron chi connectivity index (χ1n) is 10.9. The Kier molecular flexibility index (Phi) is 6.20. The molecule has 1 spiro atoms. The number of phenolic OH excluding ortho intramolecular Hbond substituents is 1. The Morgan fingerprint density at radius 1 is 1.35 bits per heavy atom. The van der Waals surface area contributed by atoms with Crippen molar-refractivity contribution in [2.75, 3.05) is 26.7 Å². The number of benzene rings is 1. The van der Waals surface area contributed by atoms with Crippen molar-refractivity contribution in [2.24, 2.45) is 7.05 Å². The Morgan fingerprint density at radius 3 is 2.81 bits per heavy atom. The number of aromatic nitrogens is 2. The van der Waals surface area contributed by atoms with E-state index in [1.54, 1.807) is 31.0 Å². The molecule has 0 unspecified atom stereocenters. The van der Waals surface area contributed by atoms with Gasteiger partial charge in [-0.15, -0.1) is 0 Å². The predicted octanol–water partition coefficient (Wildman–Crippen LogP) is 2.39. The first-order chi connectivity index (χ1) is 14.9. The Labute approximate surface area is 183 Å². The van der Waals surface area contributed by atoms with E-state index in [-0.39, 0.29) is 23.4 Å². The molecule has 1 aromatic carbocycles. The summed E-state index contributed by atoms with van der Waals surface area (Å²) in [5.41, 5.74) is 2.19. The summed E-state index contributed by atoms with van der Waals surface area (Å²) < 4.78 is 13.3. The average molecular weight is 429 g/mol. The highest BCUT2D eigenvalue weighted by Gasteiger charge is 2.42. The Morgan fingerprint density at radius 2 is 2.13 bits per heavy atom.